The number of para-hydroxylation sites is 1. The normalized spacial score (nSPS) is 17.5. The minimum atomic E-state index is -0.230. The van der Waals surface area contributed by atoms with E-state index in [2.05, 4.69) is 10.4 Å². The molecule has 1 unspecified atom stereocenters. The average molecular weight is 346 g/mol. The number of methoxy groups -OCH3 is 1. The molecule has 1 aromatic carbocycles. The maximum absolute atomic E-state index is 14.0. The lowest BCUT2D eigenvalue weighted by Crippen LogP contribution is -2.48. The molecule has 1 atom stereocenters. The Labute approximate surface area is 146 Å². The minimum Gasteiger partial charge on any atom is -0.383 e. The van der Waals surface area contributed by atoms with E-state index in [4.69, 9.17) is 4.74 Å². The van der Waals surface area contributed by atoms with Crippen LogP contribution < -0.4 is 10.2 Å². The molecule has 1 N–H and O–H groups in total. The Hall–Kier alpha value is -2.41. The van der Waals surface area contributed by atoms with Crippen molar-refractivity contribution < 1.29 is 13.9 Å². The van der Waals surface area contributed by atoms with Crippen molar-refractivity contribution in [3.63, 3.8) is 0 Å². The zero-order chi connectivity index (χ0) is 17.6. The number of hydrogen-bond donors (Lipinski definition) is 1. The smallest absolute Gasteiger partial charge is 0.272 e. The first kappa shape index (κ1) is 17.4. The molecule has 1 aromatic heterocycles. The van der Waals surface area contributed by atoms with Crippen molar-refractivity contribution in [3.05, 3.63) is 48.0 Å². The Morgan fingerprint density at radius 3 is 3.04 bits per heavy atom. The van der Waals surface area contributed by atoms with Gasteiger partial charge in [-0.25, -0.2) is 4.39 Å². The van der Waals surface area contributed by atoms with Crippen LogP contribution in [0.4, 0.5) is 10.1 Å². The number of ether oxygens (including phenoxy) is 1. The Bertz CT molecular complexity index is 719. The summed E-state index contributed by atoms with van der Waals surface area (Å²) in [7, 11) is 1.63. The van der Waals surface area contributed by atoms with Crippen molar-refractivity contribution in [1.29, 1.82) is 0 Å². The van der Waals surface area contributed by atoms with Crippen LogP contribution in [0.3, 0.4) is 0 Å². The van der Waals surface area contributed by atoms with Gasteiger partial charge < -0.3 is 15.0 Å². The second kappa shape index (κ2) is 8.11. The van der Waals surface area contributed by atoms with Gasteiger partial charge in [0.1, 0.15) is 11.5 Å². The van der Waals surface area contributed by atoms with E-state index in [0.29, 0.717) is 31.1 Å². The molecule has 3 rings (SSSR count). The van der Waals surface area contributed by atoms with Crippen LogP contribution in [-0.2, 0) is 11.3 Å². The summed E-state index contributed by atoms with van der Waals surface area (Å²) >= 11 is 0. The van der Waals surface area contributed by atoms with Crippen LogP contribution in [0.1, 0.15) is 23.3 Å². The number of benzene rings is 1. The number of carbonyl (C=O) groups is 1. The number of aromatic nitrogens is 2. The van der Waals surface area contributed by atoms with Crippen LogP contribution in [-0.4, -0.2) is 48.5 Å². The Balaban J connectivity index is 1.59. The molecule has 0 bridgehead atoms. The van der Waals surface area contributed by atoms with Gasteiger partial charge in [0.05, 0.1) is 18.8 Å². The van der Waals surface area contributed by atoms with Crippen LogP contribution in [0.5, 0.6) is 0 Å². The number of amides is 1. The first-order valence-electron chi connectivity index (χ1n) is 8.50. The summed E-state index contributed by atoms with van der Waals surface area (Å²) in [5, 5.41) is 7.27. The summed E-state index contributed by atoms with van der Waals surface area (Å²) in [4.78, 5) is 14.4. The van der Waals surface area contributed by atoms with Crippen LogP contribution in [0, 0.1) is 5.82 Å². The number of anilines is 1. The van der Waals surface area contributed by atoms with Crippen molar-refractivity contribution >= 4 is 11.6 Å². The highest BCUT2D eigenvalue weighted by Crippen LogP contribution is 2.23. The maximum Gasteiger partial charge on any atom is 0.272 e. The minimum absolute atomic E-state index is 0.0232. The molecule has 2 heterocycles. The van der Waals surface area contributed by atoms with E-state index in [0.717, 1.165) is 19.4 Å². The number of nitrogens with one attached hydrogen (secondary N) is 1. The summed E-state index contributed by atoms with van der Waals surface area (Å²) < 4.78 is 20.7. The van der Waals surface area contributed by atoms with Gasteiger partial charge in [-0.3, -0.25) is 9.48 Å². The molecule has 0 aliphatic carbocycles. The van der Waals surface area contributed by atoms with Crippen molar-refractivity contribution in [1.82, 2.24) is 15.1 Å². The van der Waals surface area contributed by atoms with Crippen LogP contribution in [0.25, 0.3) is 0 Å². The number of halogens is 1. The van der Waals surface area contributed by atoms with E-state index in [1.807, 2.05) is 11.0 Å². The van der Waals surface area contributed by atoms with Gasteiger partial charge in [-0.1, -0.05) is 12.1 Å². The number of rotatable bonds is 6. The summed E-state index contributed by atoms with van der Waals surface area (Å²) in [5.74, 6) is -0.428. The van der Waals surface area contributed by atoms with Gasteiger partial charge >= 0.3 is 0 Å². The van der Waals surface area contributed by atoms with Crippen molar-refractivity contribution in [2.24, 2.45) is 0 Å². The van der Waals surface area contributed by atoms with Gasteiger partial charge in [0.2, 0.25) is 0 Å². The number of carbonyl (C=O) groups excluding carboxylic acids is 1. The van der Waals surface area contributed by atoms with Crippen LogP contribution in [0.15, 0.2) is 36.5 Å². The predicted molar refractivity (Wildman–Crippen MR) is 93.2 cm³/mol. The molecular weight excluding hydrogens is 323 g/mol. The average Bonchev–Trinajstić information content (AvgIpc) is 3.10. The first-order chi connectivity index (χ1) is 12.2. The highest BCUT2D eigenvalue weighted by molar-refractivity contribution is 5.92. The van der Waals surface area contributed by atoms with E-state index in [1.165, 1.54) is 6.07 Å². The summed E-state index contributed by atoms with van der Waals surface area (Å²) in [6, 6.07) is 8.42. The fourth-order valence-corrected chi connectivity index (χ4v) is 3.07. The largest absolute Gasteiger partial charge is 0.383 e. The lowest BCUT2D eigenvalue weighted by atomic mass is 10.0. The molecule has 6 nitrogen and oxygen atoms in total. The predicted octanol–water partition coefficient (Wildman–Crippen LogP) is 2.07. The van der Waals surface area contributed by atoms with E-state index < -0.39 is 0 Å². The molecular formula is C18H23FN4O2. The van der Waals surface area contributed by atoms with Gasteiger partial charge in [0.25, 0.3) is 5.91 Å². The van der Waals surface area contributed by atoms with Crippen LogP contribution in [0.2, 0.25) is 0 Å². The van der Waals surface area contributed by atoms with Gasteiger partial charge in [-0.2, -0.15) is 5.10 Å². The highest BCUT2D eigenvalue weighted by Gasteiger charge is 2.24. The molecule has 7 heteroatoms. The van der Waals surface area contributed by atoms with E-state index >= 15 is 0 Å². The molecule has 1 aliphatic rings. The van der Waals surface area contributed by atoms with Crippen molar-refractivity contribution in [2.45, 2.75) is 25.4 Å². The third-order valence-corrected chi connectivity index (χ3v) is 4.35. The Kier molecular flexibility index (Phi) is 5.65. The van der Waals surface area contributed by atoms with Gasteiger partial charge in [0.15, 0.2) is 0 Å². The monoisotopic (exact) mass is 346 g/mol. The highest BCUT2D eigenvalue weighted by atomic mass is 19.1. The third-order valence-electron chi connectivity index (χ3n) is 4.35. The fraction of sp³-hybridized carbons (Fsp3) is 0.444. The number of piperidine rings is 1. The molecule has 0 saturated carbocycles. The molecule has 25 heavy (non-hydrogen) atoms. The lowest BCUT2D eigenvalue weighted by Gasteiger charge is -2.34. The fourth-order valence-electron chi connectivity index (χ4n) is 3.07. The molecule has 1 saturated heterocycles. The zero-order valence-electron chi connectivity index (χ0n) is 14.3. The SMILES string of the molecule is COCCn1ccc(C(=O)NC2CCCN(c3ccccc3F)C2)n1. The Morgan fingerprint density at radius 2 is 2.24 bits per heavy atom. The summed E-state index contributed by atoms with van der Waals surface area (Å²) in [6.07, 6.45) is 3.54. The number of nitrogens with zero attached hydrogens (tertiary/aromatic N) is 3. The zero-order valence-corrected chi connectivity index (χ0v) is 14.3. The summed E-state index contributed by atoms with van der Waals surface area (Å²) in [5.41, 5.74) is 0.976. The third kappa shape index (κ3) is 4.36. The molecule has 0 spiro atoms. The van der Waals surface area contributed by atoms with Crippen LogP contribution >= 0.6 is 0 Å². The number of hydrogen-bond acceptors (Lipinski definition) is 4. The van der Waals surface area contributed by atoms with Gasteiger partial charge in [-0.05, 0) is 31.0 Å². The second-order valence-electron chi connectivity index (χ2n) is 6.17. The van der Waals surface area contributed by atoms with Crippen molar-refractivity contribution in [3.8, 4) is 0 Å². The van der Waals surface area contributed by atoms with Gasteiger partial charge in [0, 0.05) is 32.4 Å². The maximum atomic E-state index is 14.0. The Morgan fingerprint density at radius 1 is 1.40 bits per heavy atom. The van der Waals surface area contributed by atoms with E-state index in [1.54, 1.807) is 36.2 Å². The first-order valence-corrected chi connectivity index (χ1v) is 8.50. The van der Waals surface area contributed by atoms with E-state index in [-0.39, 0.29) is 17.8 Å². The van der Waals surface area contributed by atoms with Crippen molar-refractivity contribution in [2.75, 3.05) is 31.7 Å². The van der Waals surface area contributed by atoms with Gasteiger partial charge in [-0.15, -0.1) is 0 Å². The second-order valence-corrected chi connectivity index (χ2v) is 6.17. The molecule has 1 fully saturated rings. The standard InChI is InChI=1S/C18H23FN4O2/c1-25-12-11-23-10-8-16(21-23)18(24)20-14-5-4-9-22(13-14)17-7-3-2-6-15(17)19/h2-3,6-8,10,14H,4-5,9,11-13H2,1H3,(H,20,24). The molecule has 2 aromatic rings. The quantitative estimate of drug-likeness (QED) is 0.870. The summed E-state index contributed by atoms with van der Waals surface area (Å²) in [6.45, 7) is 2.53. The lowest BCUT2D eigenvalue weighted by molar-refractivity contribution is 0.0926. The molecule has 134 valence electrons. The van der Waals surface area contributed by atoms with E-state index in [9.17, 15) is 9.18 Å². The molecule has 1 aliphatic heterocycles. The topological polar surface area (TPSA) is 59.4 Å². The molecule has 0 radical (unpaired) electrons. The molecule has 1 amide bonds.